The Balaban J connectivity index is 2.01. The molecule has 0 atom stereocenters. The van der Waals surface area contributed by atoms with Crippen molar-refractivity contribution < 1.29 is 8.81 Å². The van der Waals surface area contributed by atoms with Crippen molar-refractivity contribution in [2.45, 2.75) is 0 Å². The van der Waals surface area contributed by atoms with E-state index in [2.05, 4.69) is 15.2 Å². The van der Waals surface area contributed by atoms with Gasteiger partial charge in [0.2, 0.25) is 0 Å². The normalized spacial score (nSPS) is 10.6. The predicted octanol–water partition coefficient (Wildman–Crippen LogP) is 2.87. The van der Waals surface area contributed by atoms with E-state index >= 15 is 0 Å². The molecule has 0 radical (unpaired) electrons. The predicted molar refractivity (Wildman–Crippen MR) is 59.5 cm³/mol. The van der Waals surface area contributed by atoms with Crippen LogP contribution < -0.4 is 0 Å². The van der Waals surface area contributed by atoms with Crippen molar-refractivity contribution in [1.29, 1.82) is 0 Å². The molecule has 3 aromatic rings. The molecule has 0 aliphatic rings. The van der Waals surface area contributed by atoms with Crippen LogP contribution in [0.5, 0.6) is 0 Å². The highest BCUT2D eigenvalue weighted by molar-refractivity contribution is 5.58. The zero-order chi connectivity index (χ0) is 11.7. The van der Waals surface area contributed by atoms with Gasteiger partial charge in [0.15, 0.2) is 17.4 Å². The van der Waals surface area contributed by atoms with Gasteiger partial charge in [-0.15, -0.1) is 0 Å². The number of aromatic nitrogens is 3. The van der Waals surface area contributed by atoms with Gasteiger partial charge in [-0.25, -0.2) is 9.37 Å². The van der Waals surface area contributed by atoms with Crippen molar-refractivity contribution in [3.63, 3.8) is 0 Å². The third-order valence-corrected chi connectivity index (χ3v) is 2.32. The van der Waals surface area contributed by atoms with Crippen LogP contribution >= 0.6 is 0 Å². The van der Waals surface area contributed by atoms with Crippen molar-refractivity contribution in [2.24, 2.45) is 0 Å². The average molecular weight is 229 g/mol. The maximum Gasteiger partial charge on any atom is 0.192 e. The molecule has 0 saturated carbocycles. The molecular formula is C12H8FN3O. The standard InChI is InChI=1S/C12H8FN3O/c13-9-4-1-3-8(7-9)11-14-12(16-15-11)10-5-2-6-17-10/h1-7H,(H,14,15,16). The number of hydrogen-bond donors (Lipinski definition) is 1. The Hall–Kier alpha value is -2.43. The van der Waals surface area contributed by atoms with E-state index in [0.29, 0.717) is 23.0 Å². The first-order valence-electron chi connectivity index (χ1n) is 5.05. The summed E-state index contributed by atoms with van der Waals surface area (Å²) in [6.07, 6.45) is 1.56. The molecule has 0 aliphatic carbocycles. The zero-order valence-corrected chi connectivity index (χ0v) is 8.72. The van der Waals surface area contributed by atoms with E-state index in [1.54, 1.807) is 30.5 Å². The summed E-state index contributed by atoms with van der Waals surface area (Å²) in [5.74, 6) is 1.25. The Kier molecular flexibility index (Phi) is 2.22. The van der Waals surface area contributed by atoms with Gasteiger partial charge in [-0.1, -0.05) is 12.1 Å². The number of halogens is 1. The smallest absolute Gasteiger partial charge is 0.192 e. The van der Waals surface area contributed by atoms with Crippen molar-refractivity contribution >= 4 is 0 Å². The van der Waals surface area contributed by atoms with Crippen LogP contribution in [0.4, 0.5) is 4.39 Å². The lowest BCUT2D eigenvalue weighted by atomic mass is 10.2. The number of aromatic amines is 1. The van der Waals surface area contributed by atoms with E-state index < -0.39 is 0 Å². The number of nitrogens with one attached hydrogen (secondary N) is 1. The Bertz CT molecular complexity index is 631. The molecule has 0 bridgehead atoms. The number of furan rings is 1. The van der Waals surface area contributed by atoms with Gasteiger partial charge in [0.1, 0.15) is 5.82 Å². The fourth-order valence-electron chi connectivity index (χ4n) is 1.54. The number of hydrogen-bond acceptors (Lipinski definition) is 3. The second-order valence-electron chi connectivity index (χ2n) is 3.50. The lowest BCUT2D eigenvalue weighted by molar-refractivity contribution is 0.577. The van der Waals surface area contributed by atoms with Crippen LogP contribution in [0.1, 0.15) is 0 Å². The Morgan fingerprint density at radius 1 is 1.18 bits per heavy atom. The third-order valence-electron chi connectivity index (χ3n) is 2.32. The summed E-state index contributed by atoms with van der Waals surface area (Å²) in [5, 5.41) is 6.77. The molecule has 0 saturated heterocycles. The van der Waals surface area contributed by atoms with Gasteiger partial charge in [-0.05, 0) is 24.3 Å². The van der Waals surface area contributed by atoms with E-state index in [9.17, 15) is 4.39 Å². The van der Waals surface area contributed by atoms with E-state index in [4.69, 9.17) is 4.42 Å². The van der Waals surface area contributed by atoms with E-state index in [-0.39, 0.29) is 5.82 Å². The highest BCUT2D eigenvalue weighted by Gasteiger charge is 2.09. The minimum absolute atomic E-state index is 0.313. The molecule has 0 unspecified atom stereocenters. The third kappa shape index (κ3) is 1.82. The lowest BCUT2D eigenvalue weighted by Gasteiger charge is -1.93. The second kappa shape index (κ2) is 3.86. The fraction of sp³-hybridized carbons (Fsp3) is 0. The number of benzene rings is 1. The quantitative estimate of drug-likeness (QED) is 0.735. The topological polar surface area (TPSA) is 54.7 Å². The van der Waals surface area contributed by atoms with Gasteiger partial charge in [-0.3, -0.25) is 5.10 Å². The highest BCUT2D eigenvalue weighted by Crippen LogP contribution is 2.20. The molecule has 2 aromatic heterocycles. The second-order valence-corrected chi connectivity index (χ2v) is 3.50. The monoisotopic (exact) mass is 229 g/mol. The molecule has 0 aliphatic heterocycles. The maximum absolute atomic E-state index is 13.0. The highest BCUT2D eigenvalue weighted by atomic mass is 19.1. The summed E-state index contributed by atoms with van der Waals surface area (Å²) in [4.78, 5) is 4.24. The molecule has 17 heavy (non-hydrogen) atoms. The van der Waals surface area contributed by atoms with Crippen LogP contribution in [-0.2, 0) is 0 Å². The summed E-state index contributed by atoms with van der Waals surface area (Å²) in [7, 11) is 0. The Morgan fingerprint density at radius 2 is 2.12 bits per heavy atom. The van der Waals surface area contributed by atoms with Gasteiger partial charge in [0, 0.05) is 5.56 Å². The largest absolute Gasteiger partial charge is 0.461 e. The van der Waals surface area contributed by atoms with E-state index in [0.717, 1.165) is 0 Å². The van der Waals surface area contributed by atoms with Crippen molar-refractivity contribution in [3.05, 3.63) is 48.5 Å². The number of nitrogens with zero attached hydrogens (tertiary/aromatic N) is 2. The number of rotatable bonds is 2. The average Bonchev–Trinajstić information content (AvgIpc) is 3.00. The molecule has 84 valence electrons. The van der Waals surface area contributed by atoms with E-state index in [1.807, 2.05) is 0 Å². The van der Waals surface area contributed by atoms with Crippen LogP contribution in [-0.4, -0.2) is 15.2 Å². The molecule has 0 amide bonds. The van der Waals surface area contributed by atoms with E-state index in [1.165, 1.54) is 12.1 Å². The summed E-state index contributed by atoms with van der Waals surface area (Å²) in [5.41, 5.74) is 0.624. The summed E-state index contributed by atoms with van der Waals surface area (Å²) in [6.45, 7) is 0. The molecular weight excluding hydrogens is 221 g/mol. The van der Waals surface area contributed by atoms with Gasteiger partial charge < -0.3 is 4.42 Å². The first-order chi connectivity index (χ1) is 8.33. The Labute approximate surface area is 96.1 Å². The van der Waals surface area contributed by atoms with Gasteiger partial charge >= 0.3 is 0 Å². The molecule has 4 nitrogen and oxygen atoms in total. The van der Waals surface area contributed by atoms with Crippen LogP contribution in [0.15, 0.2) is 47.1 Å². The van der Waals surface area contributed by atoms with Gasteiger partial charge in [0.25, 0.3) is 0 Å². The molecule has 2 heterocycles. The Morgan fingerprint density at radius 3 is 2.88 bits per heavy atom. The maximum atomic E-state index is 13.0. The van der Waals surface area contributed by atoms with Gasteiger partial charge in [-0.2, -0.15) is 5.10 Å². The molecule has 1 N–H and O–H groups in total. The molecule has 3 rings (SSSR count). The van der Waals surface area contributed by atoms with Crippen LogP contribution in [0.3, 0.4) is 0 Å². The fourth-order valence-corrected chi connectivity index (χ4v) is 1.54. The number of H-pyrrole nitrogens is 1. The summed E-state index contributed by atoms with van der Waals surface area (Å²) < 4.78 is 18.2. The van der Waals surface area contributed by atoms with Crippen LogP contribution in [0.25, 0.3) is 23.0 Å². The van der Waals surface area contributed by atoms with Gasteiger partial charge in [0.05, 0.1) is 6.26 Å². The molecule has 0 spiro atoms. The zero-order valence-electron chi connectivity index (χ0n) is 8.72. The van der Waals surface area contributed by atoms with Crippen molar-refractivity contribution in [3.8, 4) is 23.0 Å². The van der Waals surface area contributed by atoms with Crippen molar-refractivity contribution in [2.75, 3.05) is 0 Å². The molecule has 5 heteroatoms. The minimum Gasteiger partial charge on any atom is -0.461 e. The molecule has 1 aromatic carbocycles. The summed E-state index contributed by atoms with van der Waals surface area (Å²) in [6, 6.07) is 9.67. The minimum atomic E-state index is -0.313. The first kappa shape index (κ1) is 9.77. The van der Waals surface area contributed by atoms with Crippen LogP contribution in [0.2, 0.25) is 0 Å². The molecule has 0 fully saturated rings. The van der Waals surface area contributed by atoms with Crippen molar-refractivity contribution in [1.82, 2.24) is 15.2 Å². The SMILES string of the molecule is Fc1cccc(-c2n[nH]c(-c3ccco3)n2)c1. The summed E-state index contributed by atoms with van der Waals surface area (Å²) >= 11 is 0. The lowest BCUT2D eigenvalue weighted by Crippen LogP contribution is -1.82. The van der Waals surface area contributed by atoms with Crippen LogP contribution in [0, 0.1) is 5.82 Å². The first-order valence-corrected chi connectivity index (χ1v) is 5.05.